The summed E-state index contributed by atoms with van der Waals surface area (Å²) in [6, 6.07) is -0.417. The topological polar surface area (TPSA) is 73.5 Å². The minimum atomic E-state index is -0.442. The van der Waals surface area contributed by atoms with Crippen LogP contribution in [0.1, 0.15) is 46.0 Å². The van der Waals surface area contributed by atoms with Crippen LogP contribution in [0.4, 0.5) is 9.59 Å². The summed E-state index contributed by atoms with van der Waals surface area (Å²) in [5.74, 6) is 0. The zero-order chi connectivity index (χ0) is 13.1. The molecule has 102 valence electrons. The predicted molar refractivity (Wildman–Crippen MR) is 67.8 cm³/mol. The van der Waals surface area contributed by atoms with E-state index in [4.69, 9.17) is 0 Å². The van der Waals surface area contributed by atoms with Gasteiger partial charge >= 0.3 is 12.1 Å². The Labute approximate surface area is 107 Å². The quantitative estimate of drug-likeness (QED) is 0.711. The molecule has 0 bridgehead atoms. The molecule has 1 aliphatic heterocycles. The Hall–Kier alpha value is -1.30. The summed E-state index contributed by atoms with van der Waals surface area (Å²) in [4.78, 5) is 24.8. The van der Waals surface area contributed by atoms with Crippen molar-refractivity contribution in [3.8, 4) is 0 Å². The molecule has 0 atom stereocenters. The Balaban J connectivity index is 1.89. The molecule has 3 N–H and O–H groups in total. The van der Waals surface area contributed by atoms with E-state index in [1.807, 2.05) is 13.8 Å². The number of carbonyl (C=O) groups is 2. The maximum atomic E-state index is 11.8. The largest absolute Gasteiger partial charge is 0.328 e. The molecule has 1 saturated heterocycles. The van der Waals surface area contributed by atoms with Gasteiger partial charge in [-0.1, -0.05) is 19.3 Å². The number of nitrogens with one attached hydrogen (secondary N) is 3. The van der Waals surface area contributed by atoms with E-state index in [-0.39, 0.29) is 18.1 Å². The van der Waals surface area contributed by atoms with Crippen molar-refractivity contribution < 1.29 is 9.59 Å². The molecule has 2 aliphatic rings. The van der Waals surface area contributed by atoms with Crippen LogP contribution in [0.25, 0.3) is 0 Å². The molecule has 2 fully saturated rings. The lowest BCUT2D eigenvalue weighted by Crippen LogP contribution is -2.70. The van der Waals surface area contributed by atoms with Crippen LogP contribution in [0, 0.1) is 0 Å². The smallest absolute Gasteiger partial charge is 0.305 e. The van der Waals surface area contributed by atoms with E-state index in [1.54, 1.807) is 0 Å². The number of imide groups is 1. The molecule has 0 spiro atoms. The highest BCUT2D eigenvalue weighted by Gasteiger charge is 2.33. The molecule has 0 aromatic carbocycles. The second-order valence-electron chi connectivity index (χ2n) is 5.30. The molecule has 6 heteroatoms. The lowest BCUT2D eigenvalue weighted by Gasteiger charge is -2.37. The third-order valence-electron chi connectivity index (χ3n) is 3.50. The number of hydrogen-bond donors (Lipinski definition) is 3. The van der Waals surface area contributed by atoms with Crippen molar-refractivity contribution in [2.24, 2.45) is 0 Å². The Kier molecular flexibility index (Phi) is 4.06. The van der Waals surface area contributed by atoms with Crippen molar-refractivity contribution in [1.82, 2.24) is 20.9 Å². The molecule has 1 heterocycles. The second kappa shape index (κ2) is 5.56. The van der Waals surface area contributed by atoms with Crippen LogP contribution >= 0.6 is 0 Å². The Morgan fingerprint density at radius 1 is 1.11 bits per heavy atom. The lowest BCUT2D eigenvalue weighted by atomic mass is 9.95. The van der Waals surface area contributed by atoms with Crippen LogP contribution in [-0.4, -0.2) is 35.3 Å². The number of rotatable bonds is 3. The van der Waals surface area contributed by atoms with Gasteiger partial charge in [0.05, 0.1) is 0 Å². The van der Waals surface area contributed by atoms with E-state index in [1.165, 1.54) is 24.2 Å². The summed E-state index contributed by atoms with van der Waals surface area (Å²) in [6.07, 6.45) is 5.48. The summed E-state index contributed by atoms with van der Waals surface area (Å²) < 4.78 is 0. The van der Waals surface area contributed by atoms with Crippen molar-refractivity contribution >= 4 is 12.1 Å². The van der Waals surface area contributed by atoms with Gasteiger partial charge in [0.2, 0.25) is 0 Å². The van der Waals surface area contributed by atoms with Gasteiger partial charge in [0.15, 0.2) is 6.29 Å². The van der Waals surface area contributed by atoms with Gasteiger partial charge in [0.25, 0.3) is 0 Å². The zero-order valence-corrected chi connectivity index (χ0v) is 11.0. The van der Waals surface area contributed by atoms with Gasteiger partial charge in [-0.25, -0.2) is 14.5 Å². The minimum Gasteiger partial charge on any atom is -0.305 e. The van der Waals surface area contributed by atoms with Crippen LogP contribution in [0.5, 0.6) is 0 Å². The summed E-state index contributed by atoms with van der Waals surface area (Å²) in [5, 5.41) is 8.83. The maximum Gasteiger partial charge on any atom is 0.328 e. The third-order valence-corrected chi connectivity index (χ3v) is 3.50. The minimum absolute atomic E-state index is 0.138. The van der Waals surface area contributed by atoms with Crippen molar-refractivity contribution in [3.63, 3.8) is 0 Å². The van der Waals surface area contributed by atoms with Gasteiger partial charge in [0.1, 0.15) is 0 Å². The van der Waals surface area contributed by atoms with E-state index >= 15 is 0 Å². The van der Waals surface area contributed by atoms with E-state index in [9.17, 15) is 9.59 Å². The van der Waals surface area contributed by atoms with E-state index in [2.05, 4.69) is 16.0 Å². The van der Waals surface area contributed by atoms with Gasteiger partial charge in [-0.2, -0.15) is 0 Å². The van der Waals surface area contributed by atoms with Crippen LogP contribution in [0.15, 0.2) is 0 Å². The lowest BCUT2D eigenvalue weighted by molar-refractivity contribution is 0.144. The number of urea groups is 2. The first-order valence-corrected chi connectivity index (χ1v) is 6.74. The van der Waals surface area contributed by atoms with Crippen LogP contribution < -0.4 is 16.0 Å². The number of nitrogens with zero attached hydrogens (tertiary/aromatic N) is 1. The SMILES string of the molecule is CC(C)N1C(=O)NC(NC2CCCCC2)NC1=O. The summed E-state index contributed by atoms with van der Waals surface area (Å²) >= 11 is 0. The fraction of sp³-hybridized carbons (Fsp3) is 0.833. The fourth-order valence-corrected chi connectivity index (χ4v) is 2.57. The Bertz CT molecular complexity index is 308. The standard InChI is InChI=1S/C12H22N4O2/c1-8(2)16-11(17)14-10(15-12(16)18)13-9-6-4-3-5-7-9/h8-10,13H,3-7H2,1-2H3,(H,14,17)(H,15,18). The Morgan fingerprint density at radius 2 is 1.67 bits per heavy atom. The van der Waals surface area contributed by atoms with Gasteiger partial charge in [-0.05, 0) is 26.7 Å². The highest BCUT2D eigenvalue weighted by molar-refractivity contribution is 5.96. The summed E-state index contributed by atoms with van der Waals surface area (Å²) in [7, 11) is 0. The monoisotopic (exact) mass is 254 g/mol. The predicted octanol–water partition coefficient (Wildman–Crippen LogP) is 1.34. The molecule has 6 nitrogen and oxygen atoms in total. The normalized spacial score (nSPS) is 23.2. The number of hydrogen-bond acceptors (Lipinski definition) is 3. The highest BCUT2D eigenvalue weighted by Crippen LogP contribution is 2.17. The molecule has 18 heavy (non-hydrogen) atoms. The van der Waals surface area contributed by atoms with Gasteiger partial charge in [0, 0.05) is 12.1 Å². The second-order valence-corrected chi connectivity index (χ2v) is 5.30. The average Bonchev–Trinajstić information content (AvgIpc) is 2.28. The van der Waals surface area contributed by atoms with Crippen molar-refractivity contribution in [2.45, 2.75) is 64.3 Å². The van der Waals surface area contributed by atoms with Gasteiger partial charge in [-0.3, -0.25) is 5.32 Å². The first-order chi connectivity index (χ1) is 8.58. The van der Waals surface area contributed by atoms with Crippen LogP contribution in [0.2, 0.25) is 0 Å². The first-order valence-electron chi connectivity index (χ1n) is 6.74. The zero-order valence-electron chi connectivity index (χ0n) is 11.0. The molecule has 0 unspecified atom stereocenters. The van der Waals surface area contributed by atoms with Crippen LogP contribution in [0.3, 0.4) is 0 Å². The molecule has 0 aromatic rings. The van der Waals surface area contributed by atoms with Crippen molar-refractivity contribution in [1.29, 1.82) is 0 Å². The van der Waals surface area contributed by atoms with Crippen LogP contribution in [-0.2, 0) is 0 Å². The first kappa shape index (κ1) is 13.1. The molecule has 2 rings (SSSR count). The third kappa shape index (κ3) is 2.93. The van der Waals surface area contributed by atoms with Crippen molar-refractivity contribution in [3.05, 3.63) is 0 Å². The molecule has 0 radical (unpaired) electrons. The number of carbonyl (C=O) groups excluding carboxylic acids is 2. The summed E-state index contributed by atoms with van der Waals surface area (Å²) in [6.45, 7) is 3.63. The molecule has 0 aromatic heterocycles. The highest BCUT2D eigenvalue weighted by atomic mass is 16.2. The molecule has 1 aliphatic carbocycles. The van der Waals surface area contributed by atoms with Crippen molar-refractivity contribution in [2.75, 3.05) is 0 Å². The number of amides is 4. The molecular weight excluding hydrogens is 232 g/mol. The molecule has 1 saturated carbocycles. The van der Waals surface area contributed by atoms with E-state index in [0.29, 0.717) is 6.04 Å². The van der Waals surface area contributed by atoms with Gasteiger partial charge < -0.3 is 10.6 Å². The molecule has 4 amide bonds. The average molecular weight is 254 g/mol. The maximum absolute atomic E-state index is 11.8. The summed E-state index contributed by atoms with van der Waals surface area (Å²) in [5.41, 5.74) is 0. The molecular formula is C12H22N4O2. The van der Waals surface area contributed by atoms with E-state index < -0.39 is 6.29 Å². The Morgan fingerprint density at radius 3 is 2.17 bits per heavy atom. The van der Waals surface area contributed by atoms with Gasteiger partial charge in [-0.15, -0.1) is 0 Å². The fourth-order valence-electron chi connectivity index (χ4n) is 2.57. The van der Waals surface area contributed by atoms with E-state index in [0.717, 1.165) is 12.8 Å².